The van der Waals surface area contributed by atoms with Crippen LogP contribution in [0.2, 0.25) is 0 Å². The zero-order chi connectivity index (χ0) is 22.5. The number of carbonyl (C=O) groups excluding carboxylic acids is 1. The maximum Gasteiger partial charge on any atom is 0.271 e. The zero-order valence-electron chi connectivity index (χ0n) is 17.2. The highest BCUT2D eigenvalue weighted by atomic mass is 32.2. The summed E-state index contributed by atoms with van der Waals surface area (Å²) in [5.41, 5.74) is 2.45. The number of rotatable bonds is 7. The Balaban J connectivity index is 2.43. The van der Waals surface area contributed by atoms with Gasteiger partial charge in [-0.05, 0) is 25.1 Å². The van der Waals surface area contributed by atoms with Gasteiger partial charge in [0.25, 0.3) is 21.6 Å². The Morgan fingerprint density at radius 3 is 2.33 bits per heavy atom. The molecule has 0 aromatic heterocycles. The molecule has 2 rings (SSSR count). The Morgan fingerprint density at radius 1 is 1.13 bits per heavy atom. The number of nitrogens with zero attached hydrogens (tertiary/aromatic N) is 3. The number of sulfonamides is 1. The smallest absolute Gasteiger partial charge is 0.271 e. The van der Waals surface area contributed by atoms with Gasteiger partial charge < -0.3 is 0 Å². The van der Waals surface area contributed by atoms with E-state index in [9.17, 15) is 23.3 Å². The lowest BCUT2D eigenvalue weighted by molar-refractivity contribution is -0.384. The lowest BCUT2D eigenvalue weighted by Crippen LogP contribution is -2.40. The molecule has 0 saturated carbocycles. The first-order valence-corrected chi connectivity index (χ1v) is 10.5. The second kappa shape index (κ2) is 9.04. The highest BCUT2D eigenvalue weighted by Gasteiger charge is 2.28. The van der Waals surface area contributed by atoms with Crippen LogP contribution < -0.4 is 9.73 Å². The van der Waals surface area contributed by atoms with Crippen LogP contribution in [0.4, 0.5) is 11.4 Å². The van der Waals surface area contributed by atoms with Crippen molar-refractivity contribution in [2.45, 2.75) is 32.6 Å². The first-order valence-electron chi connectivity index (χ1n) is 9.09. The van der Waals surface area contributed by atoms with Gasteiger partial charge in [0.1, 0.15) is 6.54 Å². The molecule has 0 unspecified atom stereocenters. The molecule has 1 amide bonds. The van der Waals surface area contributed by atoms with Gasteiger partial charge in [-0.25, -0.2) is 13.8 Å². The number of carbonyl (C=O) groups is 1. The molecule has 30 heavy (non-hydrogen) atoms. The molecule has 0 radical (unpaired) electrons. The second-order valence-corrected chi connectivity index (χ2v) is 9.45. The van der Waals surface area contributed by atoms with Gasteiger partial charge in [-0.1, -0.05) is 45.0 Å². The third-order valence-electron chi connectivity index (χ3n) is 4.38. The van der Waals surface area contributed by atoms with Crippen molar-refractivity contribution in [1.29, 1.82) is 0 Å². The van der Waals surface area contributed by atoms with Crippen LogP contribution in [-0.2, 0) is 14.8 Å². The monoisotopic (exact) mass is 432 g/mol. The summed E-state index contributed by atoms with van der Waals surface area (Å²) in [6.07, 6.45) is 0. The molecule has 0 aliphatic carbocycles. The molecule has 0 bridgehead atoms. The standard InChI is InChI=1S/C20H24N4O5S/c1-15(20(2,3)4)21-22-19(25)14-23(16-9-8-10-17(13-16)24(26)27)30(28,29)18-11-6-5-7-12-18/h5-13H,14H2,1-4H3,(H,22,25)/b21-15-. The van der Waals surface area contributed by atoms with E-state index in [4.69, 9.17) is 0 Å². The maximum atomic E-state index is 13.2. The Hall–Kier alpha value is -3.27. The van der Waals surface area contributed by atoms with E-state index >= 15 is 0 Å². The van der Waals surface area contributed by atoms with E-state index in [1.807, 2.05) is 20.8 Å². The summed E-state index contributed by atoms with van der Waals surface area (Å²) in [4.78, 5) is 23.0. The van der Waals surface area contributed by atoms with Crippen molar-refractivity contribution in [3.05, 3.63) is 64.7 Å². The molecule has 0 aliphatic rings. The molecule has 0 saturated heterocycles. The summed E-state index contributed by atoms with van der Waals surface area (Å²) < 4.78 is 27.2. The summed E-state index contributed by atoms with van der Waals surface area (Å²) in [5, 5.41) is 15.2. The summed E-state index contributed by atoms with van der Waals surface area (Å²) in [5.74, 6) is -0.676. The van der Waals surface area contributed by atoms with Crippen LogP contribution in [0, 0.1) is 15.5 Å². The van der Waals surface area contributed by atoms with Crippen LogP contribution in [0.5, 0.6) is 0 Å². The predicted molar refractivity (Wildman–Crippen MR) is 115 cm³/mol. The van der Waals surface area contributed by atoms with Gasteiger partial charge in [0.2, 0.25) is 0 Å². The number of hydrazone groups is 1. The van der Waals surface area contributed by atoms with Crippen molar-refractivity contribution in [1.82, 2.24) is 5.43 Å². The lowest BCUT2D eigenvalue weighted by Gasteiger charge is -2.24. The minimum absolute atomic E-state index is 0.000254. The predicted octanol–water partition coefficient (Wildman–Crippen LogP) is 3.33. The highest BCUT2D eigenvalue weighted by Crippen LogP contribution is 2.26. The maximum absolute atomic E-state index is 13.2. The third kappa shape index (κ3) is 5.63. The van der Waals surface area contributed by atoms with Gasteiger partial charge in [-0.2, -0.15) is 5.10 Å². The van der Waals surface area contributed by atoms with Crippen LogP contribution in [0.3, 0.4) is 0 Å². The third-order valence-corrected chi connectivity index (χ3v) is 6.17. The average molecular weight is 433 g/mol. The van der Waals surface area contributed by atoms with Crippen LogP contribution in [0.25, 0.3) is 0 Å². The quantitative estimate of drug-likeness (QED) is 0.408. The molecule has 10 heteroatoms. The first-order chi connectivity index (χ1) is 13.9. The van der Waals surface area contributed by atoms with E-state index in [0.717, 1.165) is 10.4 Å². The molecule has 0 heterocycles. The van der Waals surface area contributed by atoms with Crippen LogP contribution >= 0.6 is 0 Å². The fraction of sp³-hybridized carbons (Fsp3) is 0.300. The van der Waals surface area contributed by atoms with Crippen LogP contribution in [0.15, 0.2) is 64.6 Å². The molecule has 0 fully saturated rings. The number of nitro groups is 1. The summed E-state index contributed by atoms with van der Waals surface area (Å²) in [6, 6.07) is 12.6. The van der Waals surface area contributed by atoms with E-state index in [1.165, 1.54) is 30.3 Å². The number of hydrogen-bond acceptors (Lipinski definition) is 6. The summed E-state index contributed by atoms with van der Waals surface area (Å²) in [7, 11) is -4.16. The molecular weight excluding hydrogens is 408 g/mol. The van der Waals surface area contributed by atoms with Gasteiger partial charge in [0.15, 0.2) is 0 Å². The Bertz CT molecular complexity index is 1060. The van der Waals surface area contributed by atoms with Gasteiger partial charge in [-0.3, -0.25) is 19.2 Å². The molecule has 2 aromatic carbocycles. The van der Waals surface area contributed by atoms with Crippen LogP contribution in [0.1, 0.15) is 27.7 Å². The average Bonchev–Trinajstić information content (AvgIpc) is 2.70. The van der Waals surface area contributed by atoms with Crippen molar-refractivity contribution in [2.24, 2.45) is 10.5 Å². The second-order valence-electron chi connectivity index (χ2n) is 7.58. The van der Waals surface area contributed by atoms with Gasteiger partial charge in [-0.15, -0.1) is 0 Å². The molecule has 160 valence electrons. The van der Waals surface area contributed by atoms with Gasteiger partial charge in [0, 0.05) is 23.3 Å². The van der Waals surface area contributed by atoms with Gasteiger partial charge >= 0.3 is 0 Å². The summed E-state index contributed by atoms with van der Waals surface area (Å²) in [6.45, 7) is 6.92. The van der Waals surface area contributed by atoms with Crippen LogP contribution in [-0.4, -0.2) is 31.5 Å². The molecular formula is C20H24N4O5S. The highest BCUT2D eigenvalue weighted by molar-refractivity contribution is 7.92. The largest absolute Gasteiger partial charge is 0.271 e. The van der Waals surface area contributed by atoms with E-state index in [2.05, 4.69) is 10.5 Å². The van der Waals surface area contributed by atoms with E-state index in [1.54, 1.807) is 25.1 Å². The molecule has 0 spiro atoms. The number of nitro benzene ring substituents is 1. The van der Waals surface area contributed by atoms with E-state index < -0.39 is 27.4 Å². The van der Waals surface area contributed by atoms with Crippen molar-refractivity contribution >= 4 is 33.0 Å². The Morgan fingerprint density at radius 2 is 1.77 bits per heavy atom. The number of benzene rings is 2. The van der Waals surface area contributed by atoms with E-state index in [0.29, 0.717) is 5.71 Å². The fourth-order valence-corrected chi connectivity index (χ4v) is 3.71. The van der Waals surface area contributed by atoms with Gasteiger partial charge in [0.05, 0.1) is 15.5 Å². The molecule has 0 atom stereocenters. The van der Waals surface area contributed by atoms with E-state index in [-0.39, 0.29) is 21.7 Å². The number of nitrogens with one attached hydrogen (secondary N) is 1. The van der Waals surface area contributed by atoms with Crippen molar-refractivity contribution < 1.29 is 18.1 Å². The minimum Gasteiger partial charge on any atom is -0.271 e. The zero-order valence-corrected chi connectivity index (χ0v) is 18.0. The summed E-state index contributed by atoms with van der Waals surface area (Å²) >= 11 is 0. The molecule has 0 aliphatic heterocycles. The molecule has 9 nitrogen and oxygen atoms in total. The van der Waals surface area contributed by atoms with Crippen molar-refractivity contribution in [3.8, 4) is 0 Å². The minimum atomic E-state index is -4.16. The number of anilines is 1. The Kier molecular flexibility index (Phi) is 6.93. The Labute approximate surface area is 175 Å². The SMILES string of the molecule is C/C(=N/NC(=O)CN(c1cccc([N+](=O)[O-])c1)S(=O)(=O)c1ccccc1)C(C)(C)C. The number of amides is 1. The number of non-ortho nitro benzene ring substituents is 1. The fourth-order valence-electron chi connectivity index (χ4n) is 2.28. The first kappa shape index (κ1) is 23.0. The normalized spacial score (nSPS) is 12.3. The lowest BCUT2D eigenvalue weighted by atomic mass is 9.91. The molecule has 1 N–H and O–H groups in total. The molecule has 2 aromatic rings. The van der Waals surface area contributed by atoms with Crippen molar-refractivity contribution in [3.63, 3.8) is 0 Å². The van der Waals surface area contributed by atoms with Crippen molar-refractivity contribution in [2.75, 3.05) is 10.8 Å². The topological polar surface area (TPSA) is 122 Å². The number of hydrogen-bond donors (Lipinski definition) is 1.